The van der Waals surface area contributed by atoms with E-state index in [2.05, 4.69) is 12.2 Å². The lowest BCUT2D eigenvalue weighted by atomic mass is 10.1. The Morgan fingerprint density at radius 1 is 1.46 bits per heavy atom. The number of rotatable bonds is 1. The molecule has 1 saturated carbocycles. The van der Waals surface area contributed by atoms with Crippen LogP contribution in [0.25, 0.3) is 0 Å². The van der Waals surface area contributed by atoms with Gasteiger partial charge in [0.05, 0.1) is 6.61 Å². The standard InChI is InChI=1S/C10H13NO2/c1-2-13-9(12)11-7-5-10(3-4-10)6-8-11/h5-8H,2-4H2,1H3. The second kappa shape index (κ2) is 2.91. The van der Waals surface area contributed by atoms with Crippen LogP contribution in [0.3, 0.4) is 0 Å². The van der Waals surface area contributed by atoms with E-state index in [0.717, 1.165) is 0 Å². The molecule has 1 amide bonds. The molecular formula is C10H13NO2. The molecule has 1 spiro atoms. The van der Waals surface area contributed by atoms with E-state index in [-0.39, 0.29) is 11.5 Å². The third kappa shape index (κ3) is 1.59. The lowest BCUT2D eigenvalue weighted by Gasteiger charge is -2.18. The van der Waals surface area contributed by atoms with Crippen molar-refractivity contribution in [2.75, 3.05) is 6.61 Å². The van der Waals surface area contributed by atoms with Gasteiger partial charge in [0.2, 0.25) is 0 Å². The van der Waals surface area contributed by atoms with Crippen LogP contribution >= 0.6 is 0 Å². The molecule has 0 aromatic rings. The van der Waals surface area contributed by atoms with Crippen LogP contribution in [0.15, 0.2) is 24.6 Å². The SMILES string of the molecule is CCOC(=O)N1C=CC2(C=C1)CC2. The Kier molecular flexibility index (Phi) is 1.87. The van der Waals surface area contributed by atoms with Crippen LogP contribution in [0.1, 0.15) is 19.8 Å². The predicted molar refractivity (Wildman–Crippen MR) is 48.8 cm³/mol. The quantitative estimate of drug-likeness (QED) is 0.618. The van der Waals surface area contributed by atoms with Gasteiger partial charge in [-0.25, -0.2) is 4.79 Å². The molecule has 0 atom stereocenters. The molecule has 1 aliphatic carbocycles. The van der Waals surface area contributed by atoms with Crippen molar-refractivity contribution in [2.24, 2.45) is 5.41 Å². The highest BCUT2D eigenvalue weighted by Gasteiger charge is 2.39. The number of carbonyl (C=O) groups excluding carboxylic acids is 1. The van der Waals surface area contributed by atoms with E-state index in [0.29, 0.717) is 6.61 Å². The van der Waals surface area contributed by atoms with Gasteiger partial charge >= 0.3 is 6.09 Å². The third-order valence-electron chi connectivity index (χ3n) is 2.44. The molecule has 1 heterocycles. The summed E-state index contributed by atoms with van der Waals surface area (Å²) in [5.74, 6) is 0. The lowest BCUT2D eigenvalue weighted by molar-refractivity contribution is 0.132. The predicted octanol–water partition coefficient (Wildman–Crippen LogP) is 2.27. The molecule has 0 saturated heterocycles. The zero-order valence-corrected chi connectivity index (χ0v) is 7.69. The van der Waals surface area contributed by atoms with E-state index < -0.39 is 0 Å². The van der Waals surface area contributed by atoms with Crippen LogP contribution in [0.4, 0.5) is 4.79 Å². The first-order valence-corrected chi connectivity index (χ1v) is 4.60. The second-order valence-electron chi connectivity index (χ2n) is 3.47. The van der Waals surface area contributed by atoms with Crippen LogP contribution in [0.2, 0.25) is 0 Å². The van der Waals surface area contributed by atoms with Crippen LogP contribution in [0.5, 0.6) is 0 Å². The average Bonchev–Trinajstić information content (AvgIpc) is 2.87. The van der Waals surface area contributed by atoms with Gasteiger partial charge in [-0.15, -0.1) is 0 Å². The maximum Gasteiger partial charge on any atom is 0.417 e. The van der Waals surface area contributed by atoms with Gasteiger partial charge in [0.25, 0.3) is 0 Å². The van der Waals surface area contributed by atoms with Crippen molar-refractivity contribution in [3.05, 3.63) is 24.6 Å². The maximum atomic E-state index is 11.2. The molecule has 0 aromatic heterocycles. The van der Waals surface area contributed by atoms with E-state index in [1.165, 1.54) is 17.7 Å². The Hall–Kier alpha value is -1.25. The van der Waals surface area contributed by atoms with Crippen molar-refractivity contribution >= 4 is 6.09 Å². The van der Waals surface area contributed by atoms with Gasteiger partial charge in [0.1, 0.15) is 0 Å². The van der Waals surface area contributed by atoms with Gasteiger partial charge in [-0.1, -0.05) is 12.2 Å². The Morgan fingerprint density at radius 2 is 2.08 bits per heavy atom. The highest BCUT2D eigenvalue weighted by molar-refractivity contribution is 5.70. The Labute approximate surface area is 77.7 Å². The molecule has 0 unspecified atom stereocenters. The molecule has 1 aliphatic heterocycles. The van der Waals surface area contributed by atoms with Gasteiger partial charge in [-0.3, -0.25) is 4.90 Å². The summed E-state index contributed by atoms with van der Waals surface area (Å²) in [7, 11) is 0. The Morgan fingerprint density at radius 3 is 2.54 bits per heavy atom. The zero-order chi connectivity index (χ0) is 9.31. The van der Waals surface area contributed by atoms with E-state index >= 15 is 0 Å². The minimum absolute atomic E-state index is 0.281. The molecule has 3 heteroatoms. The summed E-state index contributed by atoms with van der Waals surface area (Å²) in [5, 5.41) is 0. The topological polar surface area (TPSA) is 29.5 Å². The molecule has 70 valence electrons. The normalized spacial score (nSPS) is 22.1. The zero-order valence-electron chi connectivity index (χ0n) is 7.69. The summed E-state index contributed by atoms with van der Waals surface area (Å²) in [6.07, 6.45) is 9.85. The summed E-state index contributed by atoms with van der Waals surface area (Å²) in [4.78, 5) is 12.7. The van der Waals surface area contributed by atoms with Gasteiger partial charge in [-0.2, -0.15) is 0 Å². The molecule has 1 fully saturated rings. The van der Waals surface area contributed by atoms with Gasteiger partial charge in [-0.05, 0) is 19.8 Å². The molecule has 2 rings (SSSR count). The van der Waals surface area contributed by atoms with Crippen molar-refractivity contribution in [1.29, 1.82) is 0 Å². The van der Waals surface area contributed by atoms with E-state index in [1.807, 2.05) is 0 Å². The van der Waals surface area contributed by atoms with Gasteiger partial charge in [0.15, 0.2) is 0 Å². The molecule has 0 aromatic carbocycles. The molecule has 0 radical (unpaired) electrons. The summed E-state index contributed by atoms with van der Waals surface area (Å²) in [6.45, 7) is 2.22. The summed E-state index contributed by atoms with van der Waals surface area (Å²) < 4.78 is 4.85. The number of hydrogen-bond donors (Lipinski definition) is 0. The van der Waals surface area contributed by atoms with Crippen molar-refractivity contribution in [3.63, 3.8) is 0 Å². The molecule has 0 bridgehead atoms. The van der Waals surface area contributed by atoms with Gasteiger partial charge in [0, 0.05) is 17.8 Å². The summed E-state index contributed by atoms with van der Waals surface area (Å²) in [5.41, 5.74) is 0.281. The minimum atomic E-state index is -0.300. The average molecular weight is 179 g/mol. The molecule has 3 nitrogen and oxygen atoms in total. The number of allylic oxidation sites excluding steroid dienone is 2. The first-order valence-electron chi connectivity index (χ1n) is 4.60. The number of ether oxygens (including phenoxy) is 1. The lowest BCUT2D eigenvalue weighted by Crippen LogP contribution is -2.23. The van der Waals surface area contributed by atoms with Crippen LogP contribution in [-0.4, -0.2) is 17.6 Å². The first-order chi connectivity index (χ1) is 6.26. The first kappa shape index (κ1) is 8.35. The number of amides is 1. The molecule has 0 N–H and O–H groups in total. The number of carbonyl (C=O) groups is 1. The smallest absolute Gasteiger partial charge is 0.417 e. The van der Waals surface area contributed by atoms with Crippen molar-refractivity contribution in [2.45, 2.75) is 19.8 Å². The largest absolute Gasteiger partial charge is 0.449 e. The fourth-order valence-corrected chi connectivity index (χ4v) is 1.36. The molecule has 13 heavy (non-hydrogen) atoms. The van der Waals surface area contributed by atoms with Crippen molar-refractivity contribution in [1.82, 2.24) is 4.90 Å². The second-order valence-corrected chi connectivity index (χ2v) is 3.47. The van der Waals surface area contributed by atoms with E-state index in [4.69, 9.17) is 4.74 Å². The van der Waals surface area contributed by atoms with Crippen molar-refractivity contribution in [3.8, 4) is 0 Å². The molecular weight excluding hydrogens is 166 g/mol. The monoisotopic (exact) mass is 179 g/mol. The minimum Gasteiger partial charge on any atom is -0.449 e. The van der Waals surface area contributed by atoms with E-state index in [9.17, 15) is 4.79 Å². The van der Waals surface area contributed by atoms with Gasteiger partial charge < -0.3 is 4.74 Å². The van der Waals surface area contributed by atoms with Crippen LogP contribution < -0.4 is 0 Å². The maximum absolute atomic E-state index is 11.2. The third-order valence-corrected chi connectivity index (χ3v) is 2.44. The number of nitrogens with zero attached hydrogens (tertiary/aromatic N) is 1. The highest BCUT2D eigenvalue weighted by atomic mass is 16.5. The van der Waals surface area contributed by atoms with Crippen LogP contribution in [0, 0.1) is 5.41 Å². The van der Waals surface area contributed by atoms with Crippen LogP contribution in [-0.2, 0) is 4.74 Å². The fraction of sp³-hybridized carbons (Fsp3) is 0.500. The summed E-state index contributed by atoms with van der Waals surface area (Å²) in [6, 6.07) is 0. The Bertz CT molecular complexity index is 261. The summed E-state index contributed by atoms with van der Waals surface area (Å²) >= 11 is 0. The fourth-order valence-electron chi connectivity index (χ4n) is 1.36. The van der Waals surface area contributed by atoms with Crippen molar-refractivity contribution < 1.29 is 9.53 Å². The van der Waals surface area contributed by atoms with E-state index in [1.54, 1.807) is 19.3 Å². The number of hydrogen-bond acceptors (Lipinski definition) is 2. The Balaban J connectivity index is 1.97. The molecule has 2 aliphatic rings. The highest BCUT2D eigenvalue weighted by Crippen LogP contribution is 2.49.